The van der Waals surface area contributed by atoms with Gasteiger partial charge in [0.1, 0.15) is 0 Å². The number of hydrogen-bond acceptors (Lipinski definition) is 1. The number of nitrogens with zero attached hydrogens (tertiary/aromatic N) is 1. The number of hydrogen-bond donors (Lipinski definition) is 1. The van der Waals surface area contributed by atoms with Gasteiger partial charge in [-0.2, -0.15) is 0 Å². The highest BCUT2D eigenvalue weighted by Crippen LogP contribution is 2.17. The Labute approximate surface area is 143 Å². The topological polar surface area (TPSA) is 32.3 Å². The molecule has 0 aliphatic heterocycles. The highest BCUT2D eigenvalue weighted by molar-refractivity contribution is 6.20. The normalized spacial score (nSPS) is 10.5. The first-order valence-corrected chi connectivity index (χ1v) is 8.05. The van der Waals surface area contributed by atoms with Crippen LogP contribution in [0.2, 0.25) is 0 Å². The van der Waals surface area contributed by atoms with Crippen molar-refractivity contribution in [3.63, 3.8) is 0 Å². The minimum Gasteiger partial charge on any atom is -0.333 e. The lowest BCUT2D eigenvalue weighted by molar-refractivity contribution is 0.222. The molecule has 0 bridgehead atoms. The van der Waals surface area contributed by atoms with Gasteiger partial charge in [-0.3, -0.25) is 0 Å². The number of amides is 2. The first kappa shape index (κ1) is 17.4. The standard InChI is InChI=1S/C19H23ClN2O/c1-13-7-5-8-14(2)17(13)11-21-19(23)22(20)12-18-15(3)9-6-10-16(18)4/h5-10H,11-12H2,1-4H3,(H,21,23). The molecule has 23 heavy (non-hydrogen) atoms. The molecule has 0 fully saturated rings. The van der Waals surface area contributed by atoms with Crippen LogP contribution in [0.25, 0.3) is 0 Å². The number of carbonyl (C=O) groups is 1. The quantitative estimate of drug-likeness (QED) is 0.803. The molecule has 2 rings (SSSR count). The van der Waals surface area contributed by atoms with E-state index in [0.29, 0.717) is 13.1 Å². The fourth-order valence-corrected chi connectivity index (χ4v) is 2.87. The summed E-state index contributed by atoms with van der Waals surface area (Å²) in [5, 5.41) is 2.89. The maximum Gasteiger partial charge on any atom is 0.332 e. The minimum atomic E-state index is -0.281. The van der Waals surface area contributed by atoms with Gasteiger partial charge in [-0.25, -0.2) is 9.21 Å². The number of rotatable bonds is 4. The van der Waals surface area contributed by atoms with E-state index in [-0.39, 0.29) is 6.03 Å². The number of carbonyl (C=O) groups excluding carboxylic acids is 1. The maximum absolute atomic E-state index is 12.2. The Balaban J connectivity index is 2.01. The van der Waals surface area contributed by atoms with Gasteiger partial charge < -0.3 is 5.32 Å². The first-order chi connectivity index (χ1) is 10.9. The third-order valence-corrected chi connectivity index (χ3v) is 4.50. The summed E-state index contributed by atoms with van der Waals surface area (Å²) < 4.78 is 1.21. The third kappa shape index (κ3) is 4.26. The van der Waals surface area contributed by atoms with Gasteiger partial charge >= 0.3 is 6.03 Å². The van der Waals surface area contributed by atoms with Crippen molar-refractivity contribution in [1.82, 2.24) is 9.74 Å². The Morgan fingerprint density at radius 1 is 0.913 bits per heavy atom. The smallest absolute Gasteiger partial charge is 0.332 e. The molecule has 0 aliphatic carbocycles. The fraction of sp³-hybridized carbons (Fsp3) is 0.316. The molecule has 4 heteroatoms. The van der Waals surface area contributed by atoms with Gasteiger partial charge in [0.05, 0.1) is 6.54 Å². The Hall–Kier alpha value is -2.00. The van der Waals surface area contributed by atoms with Crippen molar-refractivity contribution in [2.45, 2.75) is 40.8 Å². The van der Waals surface area contributed by atoms with Crippen LogP contribution in [0.4, 0.5) is 4.79 Å². The predicted molar refractivity (Wildman–Crippen MR) is 95.5 cm³/mol. The molecule has 3 nitrogen and oxygen atoms in total. The molecule has 2 aromatic carbocycles. The van der Waals surface area contributed by atoms with E-state index in [1.165, 1.54) is 15.5 Å². The Morgan fingerprint density at radius 3 is 1.83 bits per heavy atom. The lowest BCUT2D eigenvalue weighted by Crippen LogP contribution is -2.33. The van der Waals surface area contributed by atoms with Gasteiger partial charge in [-0.1, -0.05) is 36.4 Å². The molecular weight excluding hydrogens is 308 g/mol. The van der Waals surface area contributed by atoms with E-state index >= 15 is 0 Å². The molecule has 0 saturated carbocycles. The summed E-state index contributed by atoms with van der Waals surface area (Å²) in [6.45, 7) is 9.02. The van der Waals surface area contributed by atoms with Gasteiger partial charge in [0.2, 0.25) is 0 Å². The second-order valence-corrected chi connectivity index (χ2v) is 6.33. The molecule has 0 aromatic heterocycles. The van der Waals surface area contributed by atoms with Gasteiger partial charge in [0.15, 0.2) is 0 Å². The molecule has 0 radical (unpaired) electrons. The highest BCUT2D eigenvalue weighted by atomic mass is 35.5. The number of halogens is 1. The highest BCUT2D eigenvalue weighted by Gasteiger charge is 2.14. The van der Waals surface area contributed by atoms with Crippen LogP contribution >= 0.6 is 11.8 Å². The largest absolute Gasteiger partial charge is 0.333 e. The first-order valence-electron chi connectivity index (χ1n) is 7.71. The summed E-state index contributed by atoms with van der Waals surface area (Å²) in [7, 11) is 0. The monoisotopic (exact) mass is 330 g/mol. The molecule has 0 spiro atoms. The van der Waals surface area contributed by atoms with Crippen LogP contribution < -0.4 is 5.32 Å². The zero-order chi connectivity index (χ0) is 17.0. The fourth-order valence-electron chi connectivity index (χ4n) is 2.69. The van der Waals surface area contributed by atoms with Crippen molar-refractivity contribution in [2.24, 2.45) is 0 Å². The third-order valence-electron chi connectivity index (χ3n) is 4.22. The van der Waals surface area contributed by atoms with Crippen LogP contribution in [0.15, 0.2) is 36.4 Å². The van der Waals surface area contributed by atoms with Crippen LogP contribution in [0.3, 0.4) is 0 Å². The van der Waals surface area contributed by atoms with Gasteiger partial charge in [-0.05, 0) is 61.1 Å². The molecule has 2 amide bonds. The SMILES string of the molecule is Cc1cccc(C)c1CNC(=O)N(Cl)Cc1c(C)cccc1C. The average molecular weight is 331 g/mol. The van der Waals surface area contributed by atoms with Crippen LogP contribution in [0.1, 0.15) is 33.4 Å². The number of aryl methyl sites for hydroxylation is 4. The molecule has 2 aromatic rings. The van der Waals surface area contributed by atoms with E-state index in [4.69, 9.17) is 11.8 Å². The van der Waals surface area contributed by atoms with E-state index < -0.39 is 0 Å². The Morgan fingerprint density at radius 2 is 1.35 bits per heavy atom. The molecular formula is C19H23ClN2O. The zero-order valence-corrected chi connectivity index (χ0v) is 14.9. The van der Waals surface area contributed by atoms with Crippen molar-refractivity contribution in [2.75, 3.05) is 0 Å². The number of benzene rings is 2. The zero-order valence-electron chi connectivity index (χ0n) is 14.1. The van der Waals surface area contributed by atoms with Crippen molar-refractivity contribution in [3.05, 3.63) is 69.8 Å². The minimum absolute atomic E-state index is 0.281. The Bertz CT molecular complexity index is 672. The Kier molecular flexibility index (Phi) is 5.67. The predicted octanol–water partition coefficient (Wildman–Crippen LogP) is 4.79. The summed E-state index contributed by atoms with van der Waals surface area (Å²) in [4.78, 5) is 12.2. The summed E-state index contributed by atoms with van der Waals surface area (Å²) in [6, 6.07) is 11.9. The van der Waals surface area contributed by atoms with Crippen molar-refractivity contribution in [1.29, 1.82) is 0 Å². The van der Waals surface area contributed by atoms with E-state index in [0.717, 1.165) is 22.3 Å². The second kappa shape index (κ2) is 7.51. The molecule has 122 valence electrons. The van der Waals surface area contributed by atoms with Crippen molar-refractivity contribution in [3.8, 4) is 0 Å². The molecule has 0 unspecified atom stereocenters. The van der Waals surface area contributed by atoms with Crippen molar-refractivity contribution >= 4 is 17.8 Å². The van der Waals surface area contributed by atoms with Gasteiger partial charge in [0.25, 0.3) is 0 Å². The summed E-state index contributed by atoms with van der Waals surface area (Å²) in [5.74, 6) is 0. The molecule has 0 aliphatic rings. The summed E-state index contributed by atoms with van der Waals surface area (Å²) >= 11 is 6.18. The lowest BCUT2D eigenvalue weighted by atomic mass is 10.0. The average Bonchev–Trinajstić information content (AvgIpc) is 2.50. The van der Waals surface area contributed by atoms with Gasteiger partial charge in [-0.15, -0.1) is 0 Å². The lowest BCUT2D eigenvalue weighted by Gasteiger charge is -2.18. The van der Waals surface area contributed by atoms with Crippen molar-refractivity contribution < 1.29 is 4.79 Å². The van der Waals surface area contributed by atoms with E-state index in [2.05, 4.69) is 5.32 Å². The molecule has 1 N–H and O–H groups in total. The molecule has 0 saturated heterocycles. The number of nitrogens with one attached hydrogen (secondary N) is 1. The summed E-state index contributed by atoms with van der Waals surface area (Å²) in [5.41, 5.74) is 6.83. The van der Waals surface area contributed by atoms with Crippen LogP contribution in [0.5, 0.6) is 0 Å². The van der Waals surface area contributed by atoms with Crippen LogP contribution in [-0.2, 0) is 13.1 Å². The maximum atomic E-state index is 12.2. The number of urea groups is 1. The summed E-state index contributed by atoms with van der Waals surface area (Å²) in [6.07, 6.45) is 0. The van der Waals surface area contributed by atoms with E-state index in [1.807, 2.05) is 64.1 Å². The van der Waals surface area contributed by atoms with E-state index in [1.54, 1.807) is 0 Å². The van der Waals surface area contributed by atoms with Gasteiger partial charge in [0, 0.05) is 18.3 Å². The molecule has 0 heterocycles. The molecule has 0 atom stereocenters. The van der Waals surface area contributed by atoms with Crippen LogP contribution in [-0.4, -0.2) is 10.5 Å². The van der Waals surface area contributed by atoms with Crippen LogP contribution in [0, 0.1) is 27.7 Å². The second-order valence-electron chi connectivity index (χ2n) is 5.92. The van der Waals surface area contributed by atoms with E-state index in [9.17, 15) is 4.79 Å².